The Morgan fingerprint density at radius 1 is 1.29 bits per heavy atom. The van der Waals surface area contributed by atoms with Crippen molar-refractivity contribution in [3.63, 3.8) is 0 Å². The Kier molecular flexibility index (Phi) is 6.29. The summed E-state index contributed by atoms with van der Waals surface area (Å²) in [6.07, 6.45) is 0. The molecule has 0 aliphatic heterocycles. The normalized spacial score (nSPS) is 14.0. The van der Waals surface area contributed by atoms with E-state index >= 15 is 0 Å². The summed E-state index contributed by atoms with van der Waals surface area (Å²) in [7, 11) is -7.32. The molecule has 21 heavy (non-hydrogen) atoms. The maximum absolute atomic E-state index is 11.8. The molecule has 3 N–H and O–H groups in total. The van der Waals surface area contributed by atoms with Crippen LogP contribution in [0.25, 0.3) is 0 Å². The summed E-state index contributed by atoms with van der Waals surface area (Å²) in [5.41, 5.74) is 0.515. The highest BCUT2D eigenvalue weighted by molar-refractivity contribution is 7.89. The zero-order valence-corrected chi connectivity index (χ0v) is 13.6. The van der Waals surface area contributed by atoms with Gasteiger partial charge in [0, 0.05) is 12.6 Å². The average Bonchev–Trinajstić information content (AvgIpc) is 2.37. The zero-order valence-electron chi connectivity index (χ0n) is 11.9. The predicted octanol–water partition coefficient (Wildman–Crippen LogP) is 0.351. The Bertz CT molecular complexity index is 671. The SMILES string of the molecule is CCOCCS(=O)(=O)NC(C)c1cccc(S(N)(=O)=O)c1. The van der Waals surface area contributed by atoms with Gasteiger partial charge in [-0.05, 0) is 31.5 Å². The molecule has 0 spiro atoms. The molecular formula is C12H20N2O5S2. The molecule has 0 amide bonds. The van der Waals surface area contributed by atoms with Crippen LogP contribution in [0.1, 0.15) is 25.5 Å². The minimum absolute atomic E-state index is 0.0552. The van der Waals surface area contributed by atoms with Crippen molar-refractivity contribution in [2.45, 2.75) is 24.8 Å². The van der Waals surface area contributed by atoms with Crippen LogP contribution in [0.15, 0.2) is 29.2 Å². The highest BCUT2D eigenvalue weighted by atomic mass is 32.2. The third-order valence-corrected chi connectivity index (χ3v) is 5.07. The van der Waals surface area contributed by atoms with Crippen molar-refractivity contribution in [2.24, 2.45) is 5.14 Å². The van der Waals surface area contributed by atoms with Crippen molar-refractivity contribution >= 4 is 20.0 Å². The summed E-state index contributed by atoms with van der Waals surface area (Å²) >= 11 is 0. The molecule has 1 aromatic rings. The fourth-order valence-corrected chi connectivity index (χ4v) is 3.37. The number of primary sulfonamides is 1. The molecule has 1 unspecified atom stereocenters. The molecule has 1 rings (SSSR count). The van der Waals surface area contributed by atoms with Crippen LogP contribution >= 0.6 is 0 Å². The summed E-state index contributed by atoms with van der Waals surface area (Å²) in [6.45, 7) is 3.96. The second-order valence-electron chi connectivity index (χ2n) is 4.47. The molecule has 0 aliphatic rings. The van der Waals surface area contributed by atoms with Gasteiger partial charge in [-0.15, -0.1) is 0 Å². The lowest BCUT2D eigenvalue weighted by atomic mass is 10.1. The maximum atomic E-state index is 11.8. The van der Waals surface area contributed by atoms with Gasteiger partial charge in [-0.25, -0.2) is 26.7 Å². The first kappa shape index (κ1) is 18.1. The van der Waals surface area contributed by atoms with Crippen molar-refractivity contribution in [3.05, 3.63) is 29.8 Å². The quantitative estimate of drug-likeness (QED) is 0.665. The second kappa shape index (κ2) is 7.32. The van der Waals surface area contributed by atoms with Gasteiger partial charge in [0.15, 0.2) is 0 Å². The van der Waals surface area contributed by atoms with Crippen molar-refractivity contribution < 1.29 is 21.6 Å². The number of ether oxygens (including phenoxy) is 1. The lowest BCUT2D eigenvalue weighted by Crippen LogP contribution is -2.31. The van der Waals surface area contributed by atoms with E-state index in [1.54, 1.807) is 19.9 Å². The van der Waals surface area contributed by atoms with E-state index in [9.17, 15) is 16.8 Å². The van der Waals surface area contributed by atoms with Crippen molar-refractivity contribution in [1.29, 1.82) is 0 Å². The Labute approximate surface area is 125 Å². The first-order valence-electron chi connectivity index (χ1n) is 6.36. The molecule has 0 aliphatic carbocycles. The van der Waals surface area contributed by atoms with E-state index in [1.807, 2.05) is 0 Å². The number of benzene rings is 1. The van der Waals surface area contributed by atoms with Gasteiger partial charge >= 0.3 is 0 Å². The number of sulfonamides is 2. The standard InChI is InChI=1S/C12H20N2O5S2/c1-3-19-7-8-20(15,16)14-10(2)11-5-4-6-12(9-11)21(13,17)18/h4-6,9-10,14H,3,7-8H2,1-2H3,(H2,13,17,18). The van der Waals surface area contributed by atoms with Crippen LogP contribution in [0.5, 0.6) is 0 Å². The van der Waals surface area contributed by atoms with Crippen LogP contribution in [0.2, 0.25) is 0 Å². The van der Waals surface area contributed by atoms with E-state index in [0.29, 0.717) is 12.2 Å². The van der Waals surface area contributed by atoms with E-state index in [2.05, 4.69) is 4.72 Å². The highest BCUT2D eigenvalue weighted by Crippen LogP contribution is 2.17. The van der Waals surface area contributed by atoms with Gasteiger partial charge in [0.2, 0.25) is 20.0 Å². The minimum atomic E-state index is -3.82. The van der Waals surface area contributed by atoms with Gasteiger partial charge in [0.1, 0.15) is 0 Å². The fraction of sp³-hybridized carbons (Fsp3) is 0.500. The second-order valence-corrected chi connectivity index (χ2v) is 7.91. The van der Waals surface area contributed by atoms with Gasteiger partial charge in [0.05, 0.1) is 17.3 Å². The zero-order chi connectivity index (χ0) is 16.1. The molecule has 0 saturated carbocycles. The summed E-state index contributed by atoms with van der Waals surface area (Å²) in [5, 5.41) is 5.05. The molecular weight excluding hydrogens is 316 g/mol. The molecule has 0 radical (unpaired) electrons. The van der Waals surface area contributed by atoms with Crippen LogP contribution in [0, 0.1) is 0 Å². The van der Waals surface area contributed by atoms with E-state index in [-0.39, 0.29) is 17.3 Å². The number of nitrogens with one attached hydrogen (secondary N) is 1. The third kappa shape index (κ3) is 6.10. The fourth-order valence-electron chi connectivity index (χ4n) is 1.67. The number of nitrogens with two attached hydrogens (primary N) is 1. The third-order valence-electron chi connectivity index (χ3n) is 2.74. The largest absolute Gasteiger partial charge is 0.381 e. The van der Waals surface area contributed by atoms with Gasteiger partial charge in [-0.3, -0.25) is 0 Å². The molecule has 7 nitrogen and oxygen atoms in total. The number of hydrogen-bond acceptors (Lipinski definition) is 5. The highest BCUT2D eigenvalue weighted by Gasteiger charge is 2.17. The lowest BCUT2D eigenvalue weighted by Gasteiger charge is -2.15. The average molecular weight is 336 g/mol. The first-order chi connectivity index (χ1) is 9.65. The molecule has 0 aromatic heterocycles. The van der Waals surface area contributed by atoms with E-state index < -0.39 is 26.1 Å². The topological polar surface area (TPSA) is 116 Å². The summed E-state index contributed by atoms with van der Waals surface area (Å²) in [4.78, 5) is -0.0552. The maximum Gasteiger partial charge on any atom is 0.238 e. The summed E-state index contributed by atoms with van der Waals surface area (Å²) < 4.78 is 53.7. The monoisotopic (exact) mass is 336 g/mol. The van der Waals surface area contributed by atoms with Gasteiger partial charge in [-0.2, -0.15) is 0 Å². The van der Waals surface area contributed by atoms with E-state index in [0.717, 1.165) is 0 Å². The number of rotatable bonds is 8. The molecule has 9 heteroatoms. The molecule has 120 valence electrons. The Morgan fingerprint density at radius 2 is 1.95 bits per heavy atom. The van der Waals surface area contributed by atoms with Gasteiger partial charge in [0.25, 0.3) is 0 Å². The summed E-state index contributed by atoms with van der Waals surface area (Å²) in [5.74, 6) is -0.153. The van der Waals surface area contributed by atoms with Crippen LogP contribution in [0.4, 0.5) is 0 Å². The van der Waals surface area contributed by atoms with Gasteiger partial charge < -0.3 is 4.74 Å². The van der Waals surface area contributed by atoms with Crippen LogP contribution < -0.4 is 9.86 Å². The Hall–Kier alpha value is -1.00. The number of hydrogen-bond donors (Lipinski definition) is 2. The van der Waals surface area contributed by atoms with Crippen LogP contribution in [-0.2, 0) is 24.8 Å². The van der Waals surface area contributed by atoms with Crippen molar-refractivity contribution in [2.75, 3.05) is 19.0 Å². The lowest BCUT2D eigenvalue weighted by molar-refractivity contribution is 0.163. The molecule has 0 saturated heterocycles. The van der Waals surface area contributed by atoms with E-state index in [1.165, 1.54) is 18.2 Å². The Balaban J connectivity index is 2.83. The molecule has 0 fully saturated rings. The Morgan fingerprint density at radius 3 is 2.52 bits per heavy atom. The van der Waals surface area contributed by atoms with Crippen LogP contribution in [0.3, 0.4) is 0 Å². The minimum Gasteiger partial charge on any atom is -0.381 e. The molecule has 0 bridgehead atoms. The molecule has 1 aromatic carbocycles. The summed E-state index contributed by atoms with van der Waals surface area (Å²) in [6, 6.07) is 5.28. The predicted molar refractivity (Wildman–Crippen MR) is 79.6 cm³/mol. The molecule has 0 heterocycles. The van der Waals surface area contributed by atoms with Gasteiger partial charge in [-0.1, -0.05) is 12.1 Å². The molecule has 1 atom stereocenters. The smallest absolute Gasteiger partial charge is 0.238 e. The first-order valence-corrected chi connectivity index (χ1v) is 9.56. The van der Waals surface area contributed by atoms with E-state index in [4.69, 9.17) is 9.88 Å². The van der Waals surface area contributed by atoms with Crippen LogP contribution in [-0.4, -0.2) is 35.8 Å². The van der Waals surface area contributed by atoms with Crippen molar-refractivity contribution in [1.82, 2.24) is 4.72 Å². The van der Waals surface area contributed by atoms with Crippen molar-refractivity contribution in [3.8, 4) is 0 Å².